The molecule has 2 aromatic heterocycles. The second-order valence-corrected chi connectivity index (χ2v) is 15.7. The summed E-state index contributed by atoms with van der Waals surface area (Å²) in [5, 5.41) is 17.0. The van der Waals surface area contributed by atoms with Gasteiger partial charge in [0.1, 0.15) is 0 Å². The van der Waals surface area contributed by atoms with Crippen molar-refractivity contribution in [2.45, 2.75) is 56.0 Å². The fourth-order valence-corrected chi connectivity index (χ4v) is 8.93. The van der Waals surface area contributed by atoms with Gasteiger partial charge in [-0.3, -0.25) is 9.69 Å². The van der Waals surface area contributed by atoms with Gasteiger partial charge in [-0.15, -0.1) is 0 Å². The molecule has 246 valence electrons. The summed E-state index contributed by atoms with van der Waals surface area (Å²) in [4.78, 5) is 36.3. The molecular weight excluding hydrogens is 652 g/mol. The monoisotopic (exact) mass is 684 g/mol. The van der Waals surface area contributed by atoms with Gasteiger partial charge >= 0.3 is 6.09 Å². The Morgan fingerprint density at radius 3 is 2.23 bits per heavy atom. The smallest absolute Gasteiger partial charge is 0.408 e. The molecule has 0 saturated heterocycles. The number of carbonyl (C=O) groups is 2. The Labute approximate surface area is 282 Å². The molecule has 0 aliphatic heterocycles. The molecular formula is C35H33ClN6O5S. The number of nitrogens with zero attached hydrogens (tertiary/aromatic N) is 4. The molecule has 2 bridgehead atoms. The number of rotatable bonds is 8. The highest BCUT2D eigenvalue weighted by Gasteiger charge is 2.75. The third-order valence-corrected chi connectivity index (χ3v) is 11.2. The lowest BCUT2D eigenvalue weighted by atomic mass is 9.38. The molecule has 0 spiro atoms. The minimum absolute atomic E-state index is 0.148. The molecule has 2 amide bonds. The number of para-hydroxylation sites is 3. The lowest BCUT2D eigenvalue weighted by Crippen LogP contribution is -2.80. The summed E-state index contributed by atoms with van der Waals surface area (Å²) >= 11 is 6.62. The SMILES string of the molecule is CC(C)(C)N(C(=O)O)C12CC(C(=O)Nc3ccccc3Nc3ncc(Cl)c(-c4cn(S(=O)(=O)c5ccccc5)c5ccccc45)n3)(C1)C2. The summed E-state index contributed by atoms with van der Waals surface area (Å²) < 4.78 is 28.5. The third-order valence-electron chi connectivity index (χ3n) is 9.22. The fraction of sp³-hybridized carbons (Fsp3) is 0.257. The lowest BCUT2D eigenvalue weighted by Gasteiger charge is -2.73. The van der Waals surface area contributed by atoms with Crippen molar-refractivity contribution < 1.29 is 23.1 Å². The molecule has 3 aliphatic carbocycles. The van der Waals surface area contributed by atoms with E-state index in [1.54, 1.807) is 66.7 Å². The maximum Gasteiger partial charge on any atom is 0.408 e. The summed E-state index contributed by atoms with van der Waals surface area (Å²) in [7, 11) is -3.93. The molecule has 11 nitrogen and oxygen atoms in total. The molecule has 3 N–H and O–H groups in total. The normalized spacial score (nSPS) is 20.0. The molecule has 3 aliphatic rings. The van der Waals surface area contributed by atoms with E-state index in [2.05, 4.69) is 15.6 Å². The molecule has 3 fully saturated rings. The van der Waals surface area contributed by atoms with Crippen LogP contribution in [-0.4, -0.2) is 55.4 Å². The average molecular weight is 685 g/mol. The fourth-order valence-electron chi connectivity index (χ4n) is 7.35. The van der Waals surface area contributed by atoms with Crippen molar-refractivity contribution in [3.05, 3.63) is 96.3 Å². The maximum absolute atomic E-state index is 13.7. The number of halogens is 1. The number of benzene rings is 3. The maximum atomic E-state index is 13.7. The number of hydrogen-bond acceptors (Lipinski definition) is 7. The Bertz CT molecular complexity index is 2190. The van der Waals surface area contributed by atoms with Crippen molar-refractivity contribution in [3.63, 3.8) is 0 Å². The van der Waals surface area contributed by atoms with E-state index in [0.29, 0.717) is 52.8 Å². The first kappa shape index (κ1) is 31.6. The van der Waals surface area contributed by atoms with Crippen LogP contribution < -0.4 is 10.6 Å². The number of carbonyl (C=O) groups excluding carboxylic acids is 1. The predicted molar refractivity (Wildman–Crippen MR) is 184 cm³/mol. The van der Waals surface area contributed by atoms with Crippen LogP contribution in [0.2, 0.25) is 5.02 Å². The molecule has 13 heteroatoms. The molecule has 5 aromatic rings. The molecule has 0 radical (unpaired) electrons. The number of fused-ring (bicyclic) bond motifs is 1. The van der Waals surface area contributed by atoms with E-state index in [1.807, 2.05) is 32.9 Å². The molecule has 2 heterocycles. The highest BCUT2D eigenvalue weighted by Crippen LogP contribution is 2.71. The van der Waals surface area contributed by atoms with Crippen LogP contribution >= 0.6 is 11.6 Å². The standard InChI is InChI=1S/C35H33ClN6O5S/c1-33(2,3)42(32(44)45)35-19-34(20-35,21-35)30(43)38-26-14-8-9-15-27(26)39-31-37-17-25(36)29(40-31)24-18-41(28-16-10-7-13-23(24)28)48(46,47)22-11-5-4-6-12-22/h4-18H,19-21H2,1-3H3,(H,38,43)(H,44,45)(H,37,39,40). The molecule has 48 heavy (non-hydrogen) atoms. The first-order valence-electron chi connectivity index (χ1n) is 15.4. The Kier molecular flexibility index (Phi) is 7.29. The Morgan fingerprint density at radius 1 is 0.938 bits per heavy atom. The van der Waals surface area contributed by atoms with Crippen LogP contribution in [0.15, 0.2) is 96.2 Å². The zero-order valence-corrected chi connectivity index (χ0v) is 28.0. The number of nitrogens with one attached hydrogen (secondary N) is 2. The van der Waals surface area contributed by atoms with Crippen molar-refractivity contribution in [2.24, 2.45) is 5.41 Å². The number of amides is 2. The number of anilines is 3. The number of hydrogen-bond donors (Lipinski definition) is 3. The van der Waals surface area contributed by atoms with Crippen molar-refractivity contribution in [1.82, 2.24) is 18.8 Å². The van der Waals surface area contributed by atoms with Crippen molar-refractivity contribution >= 4 is 61.9 Å². The summed E-state index contributed by atoms with van der Waals surface area (Å²) in [6, 6.07) is 22.4. The topological polar surface area (TPSA) is 147 Å². The van der Waals surface area contributed by atoms with E-state index in [4.69, 9.17) is 16.6 Å². The van der Waals surface area contributed by atoms with E-state index in [-0.39, 0.29) is 21.8 Å². The van der Waals surface area contributed by atoms with Crippen LogP contribution in [0, 0.1) is 5.41 Å². The molecule has 3 saturated carbocycles. The van der Waals surface area contributed by atoms with Gasteiger partial charge in [-0.25, -0.2) is 27.2 Å². The molecule has 0 unspecified atom stereocenters. The van der Waals surface area contributed by atoms with Crippen molar-refractivity contribution in [3.8, 4) is 11.3 Å². The first-order chi connectivity index (χ1) is 22.7. The second kappa shape index (κ2) is 11.1. The predicted octanol–water partition coefficient (Wildman–Crippen LogP) is 7.37. The van der Waals surface area contributed by atoms with E-state index in [1.165, 1.54) is 21.3 Å². The summed E-state index contributed by atoms with van der Waals surface area (Å²) in [5.41, 5.74) is 0.640. The highest BCUT2D eigenvalue weighted by atomic mass is 35.5. The summed E-state index contributed by atoms with van der Waals surface area (Å²) in [5.74, 6) is 0.0219. The lowest BCUT2D eigenvalue weighted by molar-refractivity contribution is -0.219. The van der Waals surface area contributed by atoms with Crippen LogP contribution in [0.5, 0.6) is 0 Å². The van der Waals surface area contributed by atoms with Gasteiger partial charge in [-0.1, -0.05) is 60.1 Å². The van der Waals surface area contributed by atoms with Gasteiger partial charge in [0, 0.05) is 28.2 Å². The largest absolute Gasteiger partial charge is 0.465 e. The van der Waals surface area contributed by atoms with E-state index in [9.17, 15) is 23.1 Å². The molecule has 0 atom stereocenters. The van der Waals surface area contributed by atoms with E-state index >= 15 is 0 Å². The van der Waals surface area contributed by atoms with Crippen LogP contribution in [0.4, 0.5) is 22.1 Å². The summed E-state index contributed by atoms with van der Waals surface area (Å²) in [6.45, 7) is 5.60. The van der Waals surface area contributed by atoms with E-state index in [0.717, 1.165) is 0 Å². The Balaban J connectivity index is 1.16. The Morgan fingerprint density at radius 2 is 1.56 bits per heavy atom. The minimum atomic E-state index is -3.93. The number of aromatic nitrogens is 3. The Hall–Kier alpha value is -4.94. The first-order valence-corrected chi connectivity index (χ1v) is 17.2. The van der Waals surface area contributed by atoms with Gasteiger partial charge in [0.25, 0.3) is 10.0 Å². The second-order valence-electron chi connectivity index (χ2n) is 13.5. The minimum Gasteiger partial charge on any atom is -0.465 e. The van der Waals surface area contributed by atoms with Crippen LogP contribution in [-0.2, 0) is 14.8 Å². The van der Waals surface area contributed by atoms with Gasteiger partial charge in [-0.2, -0.15) is 0 Å². The van der Waals surface area contributed by atoms with Crippen LogP contribution in [0.1, 0.15) is 40.0 Å². The van der Waals surface area contributed by atoms with Gasteiger partial charge in [0.15, 0.2) is 0 Å². The third kappa shape index (κ3) is 5.06. The quantitative estimate of drug-likeness (QED) is 0.154. The average Bonchev–Trinajstić information content (AvgIpc) is 3.40. The van der Waals surface area contributed by atoms with Crippen LogP contribution in [0.25, 0.3) is 22.2 Å². The van der Waals surface area contributed by atoms with Crippen molar-refractivity contribution in [2.75, 3.05) is 10.6 Å². The molecule has 3 aromatic carbocycles. The van der Waals surface area contributed by atoms with Gasteiger partial charge in [-0.05, 0) is 70.4 Å². The van der Waals surface area contributed by atoms with Crippen molar-refractivity contribution in [1.29, 1.82) is 0 Å². The van der Waals surface area contributed by atoms with Gasteiger partial charge in [0.2, 0.25) is 11.9 Å². The van der Waals surface area contributed by atoms with E-state index < -0.39 is 32.6 Å². The van der Waals surface area contributed by atoms with Crippen LogP contribution in [0.3, 0.4) is 0 Å². The van der Waals surface area contributed by atoms with Gasteiger partial charge in [0.05, 0.1) is 44.1 Å². The highest BCUT2D eigenvalue weighted by molar-refractivity contribution is 7.90. The molecule has 8 rings (SSSR count). The van der Waals surface area contributed by atoms with Gasteiger partial charge < -0.3 is 15.7 Å². The number of carboxylic acid groups (broad SMARTS) is 1. The zero-order valence-electron chi connectivity index (χ0n) is 26.4. The summed E-state index contributed by atoms with van der Waals surface area (Å²) in [6.07, 6.45) is 3.40. The zero-order chi connectivity index (χ0) is 34.1.